The molecule has 5 nitrogen and oxygen atoms in total. The molecular weight excluding hydrogens is 220 g/mol. The van der Waals surface area contributed by atoms with Gasteiger partial charge in [0.15, 0.2) is 0 Å². The highest BCUT2D eigenvalue weighted by Gasteiger charge is 2.44. The van der Waals surface area contributed by atoms with E-state index in [1.165, 1.54) is 0 Å². The number of hydrogen-bond donors (Lipinski definition) is 1. The number of carbonyl (C=O) groups is 1. The van der Waals surface area contributed by atoms with Crippen molar-refractivity contribution in [1.82, 2.24) is 4.90 Å². The Balaban J connectivity index is 2.47. The van der Waals surface area contributed by atoms with E-state index >= 15 is 0 Å². The van der Waals surface area contributed by atoms with Crippen LogP contribution in [0.3, 0.4) is 0 Å². The molecule has 0 aromatic carbocycles. The third-order valence-corrected chi connectivity index (χ3v) is 3.48. The van der Waals surface area contributed by atoms with Gasteiger partial charge in [0.05, 0.1) is 13.2 Å². The summed E-state index contributed by atoms with van der Waals surface area (Å²) in [5.41, 5.74) is 5.32. The van der Waals surface area contributed by atoms with E-state index in [1.54, 1.807) is 14.0 Å². The molecule has 1 aliphatic rings. The van der Waals surface area contributed by atoms with Gasteiger partial charge in [-0.2, -0.15) is 0 Å². The smallest absolute Gasteiger partial charge is 0.326 e. The van der Waals surface area contributed by atoms with Crippen LogP contribution in [0.5, 0.6) is 0 Å². The summed E-state index contributed by atoms with van der Waals surface area (Å²) in [6.45, 7) is 3.75. The lowest BCUT2D eigenvalue weighted by Crippen LogP contribution is -2.48. The number of rotatable bonds is 6. The number of esters is 1. The molecule has 1 saturated carbocycles. The average Bonchev–Trinajstić information content (AvgIpc) is 2.70. The van der Waals surface area contributed by atoms with Gasteiger partial charge in [-0.15, -0.1) is 0 Å². The van der Waals surface area contributed by atoms with Gasteiger partial charge in [0.25, 0.3) is 0 Å². The molecule has 100 valence electrons. The number of nitrogens with two attached hydrogens (primary N) is 1. The van der Waals surface area contributed by atoms with Crippen LogP contribution >= 0.6 is 0 Å². The Morgan fingerprint density at radius 1 is 1.59 bits per heavy atom. The monoisotopic (exact) mass is 244 g/mol. The lowest BCUT2D eigenvalue weighted by molar-refractivity contribution is -0.149. The van der Waals surface area contributed by atoms with E-state index in [0.29, 0.717) is 32.1 Å². The Kier molecular flexibility index (Phi) is 5.36. The van der Waals surface area contributed by atoms with E-state index in [-0.39, 0.29) is 5.97 Å². The highest BCUT2D eigenvalue weighted by molar-refractivity contribution is 5.81. The number of ether oxygens (including phenoxy) is 2. The fourth-order valence-corrected chi connectivity index (χ4v) is 2.30. The Morgan fingerprint density at radius 3 is 2.88 bits per heavy atom. The third-order valence-electron chi connectivity index (χ3n) is 3.48. The highest BCUT2D eigenvalue weighted by Crippen LogP contribution is 2.31. The summed E-state index contributed by atoms with van der Waals surface area (Å²) in [6.07, 6.45) is 2.31. The summed E-state index contributed by atoms with van der Waals surface area (Å²) in [5, 5.41) is 0. The first-order valence-corrected chi connectivity index (χ1v) is 6.18. The van der Waals surface area contributed by atoms with Crippen LogP contribution in [0.25, 0.3) is 0 Å². The molecule has 0 saturated heterocycles. The molecule has 1 rings (SSSR count). The van der Waals surface area contributed by atoms with Gasteiger partial charge >= 0.3 is 5.97 Å². The van der Waals surface area contributed by atoms with Crippen molar-refractivity contribution in [2.24, 2.45) is 5.73 Å². The molecule has 0 bridgehead atoms. The molecule has 17 heavy (non-hydrogen) atoms. The van der Waals surface area contributed by atoms with Crippen molar-refractivity contribution in [3.8, 4) is 0 Å². The van der Waals surface area contributed by atoms with Gasteiger partial charge in [-0.3, -0.25) is 4.79 Å². The van der Waals surface area contributed by atoms with Gasteiger partial charge in [-0.1, -0.05) is 0 Å². The van der Waals surface area contributed by atoms with Crippen molar-refractivity contribution in [3.63, 3.8) is 0 Å². The van der Waals surface area contributed by atoms with Gasteiger partial charge < -0.3 is 20.1 Å². The van der Waals surface area contributed by atoms with Crippen molar-refractivity contribution < 1.29 is 14.3 Å². The first-order valence-electron chi connectivity index (χ1n) is 6.18. The molecule has 2 unspecified atom stereocenters. The minimum absolute atomic E-state index is 0.261. The molecule has 0 aliphatic heterocycles. The summed E-state index contributed by atoms with van der Waals surface area (Å²) < 4.78 is 10.1. The zero-order chi connectivity index (χ0) is 12.9. The molecule has 0 amide bonds. The van der Waals surface area contributed by atoms with Crippen molar-refractivity contribution in [1.29, 1.82) is 0 Å². The van der Waals surface area contributed by atoms with Crippen LogP contribution in [0.1, 0.15) is 26.2 Å². The largest absolute Gasteiger partial charge is 0.465 e. The van der Waals surface area contributed by atoms with Gasteiger partial charge in [0.2, 0.25) is 0 Å². The molecule has 2 atom stereocenters. The number of hydrogen-bond acceptors (Lipinski definition) is 5. The van der Waals surface area contributed by atoms with E-state index in [1.807, 2.05) is 7.05 Å². The van der Waals surface area contributed by atoms with Gasteiger partial charge in [-0.25, -0.2) is 0 Å². The average molecular weight is 244 g/mol. The molecule has 2 N–H and O–H groups in total. The predicted octanol–water partition coefficient (Wildman–Crippen LogP) is 0.378. The fourth-order valence-electron chi connectivity index (χ4n) is 2.30. The third kappa shape index (κ3) is 3.66. The second-order valence-electron chi connectivity index (χ2n) is 4.75. The predicted molar refractivity (Wildman–Crippen MR) is 65.7 cm³/mol. The van der Waals surface area contributed by atoms with E-state index in [2.05, 4.69) is 4.90 Å². The standard InChI is InChI=1S/C12H24N2O3/c1-4-17-11(15)12(13)6-5-10(9-12)14(2)7-8-16-3/h10H,4-9,13H2,1-3H3. The summed E-state index contributed by atoms with van der Waals surface area (Å²) >= 11 is 0. The Labute approximate surface area is 103 Å². The van der Waals surface area contributed by atoms with E-state index in [0.717, 1.165) is 13.0 Å². The molecule has 1 fully saturated rings. The van der Waals surface area contributed by atoms with Crippen LogP contribution in [0.2, 0.25) is 0 Å². The molecular formula is C12H24N2O3. The molecule has 5 heteroatoms. The molecule has 0 aromatic rings. The second kappa shape index (κ2) is 6.33. The molecule has 0 spiro atoms. The highest BCUT2D eigenvalue weighted by atomic mass is 16.5. The summed E-state index contributed by atoms with van der Waals surface area (Å²) in [6, 6.07) is 0.347. The minimum atomic E-state index is -0.790. The van der Waals surface area contributed by atoms with E-state index in [9.17, 15) is 4.79 Å². The van der Waals surface area contributed by atoms with Crippen molar-refractivity contribution in [3.05, 3.63) is 0 Å². The topological polar surface area (TPSA) is 64.8 Å². The van der Waals surface area contributed by atoms with Crippen LogP contribution in [0.15, 0.2) is 0 Å². The zero-order valence-electron chi connectivity index (χ0n) is 11.1. The van der Waals surface area contributed by atoms with Crippen LogP contribution in [-0.4, -0.2) is 56.4 Å². The number of carbonyl (C=O) groups excluding carboxylic acids is 1. The minimum Gasteiger partial charge on any atom is -0.465 e. The normalized spacial score (nSPS) is 28.6. The van der Waals surface area contributed by atoms with Gasteiger partial charge in [-0.05, 0) is 33.2 Å². The van der Waals surface area contributed by atoms with Crippen molar-refractivity contribution in [2.45, 2.75) is 37.8 Å². The molecule has 0 radical (unpaired) electrons. The Bertz CT molecular complexity index is 260. The van der Waals surface area contributed by atoms with E-state index in [4.69, 9.17) is 15.2 Å². The number of likely N-dealkylation sites (N-methyl/N-ethyl adjacent to an activating group) is 1. The number of nitrogens with zero attached hydrogens (tertiary/aromatic N) is 1. The number of methoxy groups -OCH3 is 1. The molecule has 1 aliphatic carbocycles. The molecule has 0 heterocycles. The lowest BCUT2D eigenvalue weighted by Gasteiger charge is -2.26. The van der Waals surface area contributed by atoms with Crippen molar-refractivity contribution >= 4 is 5.97 Å². The maximum Gasteiger partial charge on any atom is 0.326 e. The fraction of sp³-hybridized carbons (Fsp3) is 0.917. The second-order valence-corrected chi connectivity index (χ2v) is 4.75. The van der Waals surface area contributed by atoms with Crippen molar-refractivity contribution in [2.75, 3.05) is 33.9 Å². The van der Waals surface area contributed by atoms with Crippen LogP contribution in [-0.2, 0) is 14.3 Å². The Morgan fingerprint density at radius 2 is 2.29 bits per heavy atom. The van der Waals surface area contributed by atoms with Crippen LogP contribution in [0.4, 0.5) is 0 Å². The first kappa shape index (κ1) is 14.4. The van der Waals surface area contributed by atoms with Gasteiger partial charge in [0, 0.05) is 19.7 Å². The van der Waals surface area contributed by atoms with Crippen LogP contribution < -0.4 is 5.73 Å². The summed E-state index contributed by atoms with van der Waals surface area (Å²) in [4.78, 5) is 14.0. The quantitative estimate of drug-likeness (QED) is 0.684. The maximum absolute atomic E-state index is 11.8. The van der Waals surface area contributed by atoms with E-state index < -0.39 is 5.54 Å². The molecule has 0 aromatic heterocycles. The summed E-state index contributed by atoms with van der Waals surface area (Å²) in [5.74, 6) is -0.261. The summed E-state index contributed by atoms with van der Waals surface area (Å²) in [7, 11) is 3.73. The van der Waals surface area contributed by atoms with Gasteiger partial charge in [0.1, 0.15) is 5.54 Å². The van der Waals surface area contributed by atoms with Crippen LogP contribution in [0, 0.1) is 0 Å². The maximum atomic E-state index is 11.8. The SMILES string of the molecule is CCOC(=O)C1(N)CCC(N(C)CCOC)C1. The first-order chi connectivity index (χ1) is 8.03. The Hall–Kier alpha value is -0.650. The zero-order valence-corrected chi connectivity index (χ0v) is 11.1. The lowest BCUT2D eigenvalue weighted by atomic mass is 9.99.